The molecule has 128 valence electrons. The van der Waals surface area contributed by atoms with Crippen molar-refractivity contribution < 1.29 is 13.9 Å². The molecule has 4 nitrogen and oxygen atoms in total. The van der Waals surface area contributed by atoms with E-state index in [1.165, 1.54) is 12.1 Å². The van der Waals surface area contributed by atoms with Crippen molar-refractivity contribution in [2.24, 2.45) is 5.92 Å². The Kier molecular flexibility index (Phi) is 6.84. The van der Waals surface area contributed by atoms with E-state index in [1.54, 1.807) is 11.0 Å². The summed E-state index contributed by atoms with van der Waals surface area (Å²) in [5, 5.41) is 2.90. The Hall–Kier alpha value is -1.62. The number of carbonyl (C=O) groups excluding carboxylic acids is 1. The van der Waals surface area contributed by atoms with Crippen LogP contribution in [0.2, 0.25) is 0 Å². The van der Waals surface area contributed by atoms with Gasteiger partial charge in [0.15, 0.2) is 0 Å². The standard InChI is InChI=1S/C18H27FN2O2/c1-14(2)8-10-23-11-9-20-18(22)21(17-6-7-17)13-15-4-3-5-16(19)12-15/h3-5,12,14,17H,6-11,13H2,1-2H3,(H,20,22). The van der Waals surface area contributed by atoms with Crippen LogP contribution in [0.15, 0.2) is 24.3 Å². The fraction of sp³-hybridized carbons (Fsp3) is 0.611. The lowest BCUT2D eigenvalue weighted by Gasteiger charge is -2.23. The first-order chi connectivity index (χ1) is 11.1. The SMILES string of the molecule is CC(C)CCOCCNC(=O)N(Cc1cccc(F)c1)C1CC1. The molecule has 0 radical (unpaired) electrons. The molecule has 1 aromatic rings. The molecule has 5 heteroatoms. The lowest BCUT2D eigenvalue weighted by Crippen LogP contribution is -2.42. The Morgan fingerprint density at radius 2 is 2.17 bits per heavy atom. The van der Waals surface area contributed by atoms with E-state index in [9.17, 15) is 9.18 Å². The summed E-state index contributed by atoms with van der Waals surface area (Å²) in [5.74, 6) is 0.360. The van der Waals surface area contributed by atoms with Gasteiger partial charge < -0.3 is 15.0 Å². The van der Waals surface area contributed by atoms with Crippen molar-refractivity contribution in [2.75, 3.05) is 19.8 Å². The Labute approximate surface area is 138 Å². The molecule has 0 heterocycles. The van der Waals surface area contributed by atoms with Gasteiger partial charge in [0.25, 0.3) is 0 Å². The second kappa shape index (κ2) is 8.87. The molecule has 0 aromatic heterocycles. The van der Waals surface area contributed by atoms with Gasteiger partial charge in [-0.3, -0.25) is 0 Å². The van der Waals surface area contributed by atoms with Crippen molar-refractivity contribution in [3.63, 3.8) is 0 Å². The molecule has 2 amide bonds. The van der Waals surface area contributed by atoms with Crippen LogP contribution < -0.4 is 5.32 Å². The molecule has 1 aliphatic carbocycles. The maximum absolute atomic E-state index is 13.3. The van der Waals surface area contributed by atoms with Gasteiger partial charge in [-0.05, 0) is 42.9 Å². The molecule has 0 bridgehead atoms. The van der Waals surface area contributed by atoms with E-state index >= 15 is 0 Å². The monoisotopic (exact) mass is 322 g/mol. The zero-order valence-electron chi connectivity index (χ0n) is 14.1. The van der Waals surface area contributed by atoms with Crippen molar-refractivity contribution in [3.8, 4) is 0 Å². The number of benzene rings is 1. The second-order valence-corrected chi connectivity index (χ2v) is 6.52. The van der Waals surface area contributed by atoms with Gasteiger partial charge in [0.05, 0.1) is 6.61 Å². The van der Waals surface area contributed by atoms with Crippen LogP contribution in [0.3, 0.4) is 0 Å². The molecule has 0 aliphatic heterocycles. The maximum Gasteiger partial charge on any atom is 0.318 e. The van der Waals surface area contributed by atoms with E-state index < -0.39 is 0 Å². The largest absolute Gasteiger partial charge is 0.380 e. The van der Waals surface area contributed by atoms with Gasteiger partial charge in [0, 0.05) is 25.7 Å². The highest BCUT2D eigenvalue weighted by Gasteiger charge is 2.32. The first-order valence-corrected chi connectivity index (χ1v) is 8.43. The van der Waals surface area contributed by atoms with Crippen LogP contribution in [0.4, 0.5) is 9.18 Å². The third kappa shape index (κ3) is 6.57. The van der Waals surface area contributed by atoms with Crippen molar-refractivity contribution in [1.29, 1.82) is 0 Å². The van der Waals surface area contributed by atoms with Gasteiger partial charge in [0.2, 0.25) is 0 Å². The number of nitrogens with one attached hydrogen (secondary N) is 1. The van der Waals surface area contributed by atoms with Gasteiger partial charge in [0.1, 0.15) is 5.82 Å². The average Bonchev–Trinajstić information content (AvgIpc) is 3.32. The van der Waals surface area contributed by atoms with Crippen LogP contribution in [0.5, 0.6) is 0 Å². The molecule has 1 aliphatic rings. The van der Waals surface area contributed by atoms with E-state index in [1.807, 2.05) is 6.07 Å². The quantitative estimate of drug-likeness (QED) is 0.706. The Balaban J connectivity index is 1.73. The minimum Gasteiger partial charge on any atom is -0.380 e. The topological polar surface area (TPSA) is 41.6 Å². The van der Waals surface area contributed by atoms with Crippen molar-refractivity contribution in [2.45, 2.75) is 45.7 Å². The average molecular weight is 322 g/mol. The molecule has 0 saturated heterocycles. The van der Waals surface area contributed by atoms with Crippen LogP contribution in [-0.4, -0.2) is 36.7 Å². The molecular weight excluding hydrogens is 295 g/mol. The van der Waals surface area contributed by atoms with Crippen LogP contribution in [0.1, 0.15) is 38.7 Å². The third-order valence-corrected chi connectivity index (χ3v) is 3.85. The van der Waals surface area contributed by atoms with Gasteiger partial charge in [-0.2, -0.15) is 0 Å². The Morgan fingerprint density at radius 3 is 2.83 bits per heavy atom. The summed E-state index contributed by atoms with van der Waals surface area (Å²) in [7, 11) is 0. The normalized spacial score (nSPS) is 14.1. The summed E-state index contributed by atoms with van der Waals surface area (Å²) in [5.41, 5.74) is 0.820. The van der Waals surface area contributed by atoms with Gasteiger partial charge >= 0.3 is 6.03 Å². The van der Waals surface area contributed by atoms with E-state index in [4.69, 9.17) is 4.74 Å². The van der Waals surface area contributed by atoms with E-state index in [0.717, 1.165) is 31.4 Å². The molecule has 0 unspecified atom stereocenters. The Morgan fingerprint density at radius 1 is 1.39 bits per heavy atom. The summed E-state index contributed by atoms with van der Waals surface area (Å²) in [6, 6.07) is 6.61. The van der Waals surface area contributed by atoms with E-state index in [-0.39, 0.29) is 17.9 Å². The van der Waals surface area contributed by atoms with E-state index in [0.29, 0.717) is 25.6 Å². The third-order valence-electron chi connectivity index (χ3n) is 3.85. The fourth-order valence-electron chi connectivity index (χ4n) is 2.34. The zero-order chi connectivity index (χ0) is 16.7. The first kappa shape index (κ1) is 17.7. The van der Waals surface area contributed by atoms with Crippen molar-refractivity contribution in [3.05, 3.63) is 35.6 Å². The molecule has 0 spiro atoms. The number of hydrogen-bond acceptors (Lipinski definition) is 2. The highest BCUT2D eigenvalue weighted by molar-refractivity contribution is 5.74. The second-order valence-electron chi connectivity index (χ2n) is 6.52. The first-order valence-electron chi connectivity index (χ1n) is 8.43. The molecule has 1 saturated carbocycles. The number of urea groups is 1. The smallest absolute Gasteiger partial charge is 0.318 e. The molecule has 1 N–H and O–H groups in total. The van der Waals surface area contributed by atoms with Gasteiger partial charge in [-0.1, -0.05) is 26.0 Å². The molecule has 2 rings (SSSR count). The van der Waals surface area contributed by atoms with Crippen LogP contribution in [0.25, 0.3) is 0 Å². The lowest BCUT2D eigenvalue weighted by atomic mass is 10.1. The molecule has 0 atom stereocenters. The van der Waals surface area contributed by atoms with E-state index in [2.05, 4.69) is 19.2 Å². The predicted octanol–water partition coefficient (Wildman–Crippen LogP) is 3.56. The summed E-state index contributed by atoms with van der Waals surface area (Å²) in [4.78, 5) is 14.1. The number of hydrogen-bond donors (Lipinski definition) is 1. The highest BCUT2D eigenvalue weighted by Crippen LogP contribution is 2.28. The summed E-state index contributed by atoms with van der Waals surface area (Å²) >= 11 is 0. The number of nitrogens with zero attached hydrogens (tertiary/aromatic N) is 1. The fourth-order valence-corrected chi connectivity index (χ4v) is 2.34. The minimum absolute atomic E-state index is 0.0933. The molecule has 1 aromatic carbocycles. The molecule has 23 heavy (non-hydrogen) atoms. The van der Waals surface area contributed by atoms with Gasteiger partial charge in [-0.15, -0.1) is 0 Å². The number of amides is 2. The lowest BCUT2D eigenvalue weighted by molar-refractivity contribution is 0.123. The summed E-state index contributed by atoms with van der Waals surface area (Å²) in [6.07, 6.45) is 3.07. The van der Waals surface area contributed by atoms with Crippen LogP contribution >= 0.6 is 0 Å². The summed E-state index contributed by atoms with van der Waals surface area (Å²) in [6.45, 7) is 6.52. The summed E-state index contributed by atoms with van der Waals surface area (Å²) < 4.78 is 18.8. The number of carbonyl (C=O) groups is 1. The predicted molar refractivity (Wildman–Crippen MR) is 88.6 cm³/mol. The van der Waals surface area contributed by atoms with Crippen molar-refractivity contribution in [1.82, 2.24) is 10.2 Å². The van der Waals surface area contributed by atoms with Crippen LogP contribution in [-0.2, 0) is 11.3 Å². The highest BCUT2D eigenvalue weighted by atomic mass is 19.1. The molecule has 1 fully saturated rings. The maximum atomic E-state index is 13.3. The molecular formula is C18H27FN2O2. The van der Waals surface area contributed by atoms with Crippen molar-refractivity contribution >= 4 is 6.03 Å². The zero-order valence-corrected chi connectivity index (χ0v) is 14.1. The Bertz CT molecular complexity index is 504. The minimum atomic E-state index is -0.266. The number of rotatable bonds is 9. The number of ether oxygens (including phenoxy) is 1. The number of halogens is 1. The van der Waals surface area contributed by atoms with Gasteiger partial charge in [-0.25, -0.2) is 9.18 Å². The van der Waals surface area contributed by atoms with Crippen LogP contribution in [0, 0.1) is 11.7 Å².